The third-order valence-electron chi connectivity index (χ3n) is 4.75. The molecule has 0 bridgehead atoms. The van der Waals surface area contributed by atoms with Crippen LogP contribution in [0.2, 0.25) is 0 Å². The smallest absolute Gasteiger partial charge is 0.416 e. The first kappa shape index (κ1) is 21.9. The normalized spacial score (nSPS) is 17.9. The molecule has 1 N–H and O–H groups in total. The van der Waals surface area contributed by atoms with Crippen LogP contribution in [0.1, 0.15) is 22.5 Å². The van der Waals surface area contributed by atoms with Crippen molar-refractivity contribution in [3.63, 3.8) is 0 Å². The van der Waals surface area contributed by atoms with Crippen LogP contribution in [0.25, 0.3) is 11.3 Å². The number of carbonyl (C=O) groups excluding carboxylic acids is 1. The van der Waals surface area contributed by atoms with Gasteiger partial charge >= 0.3 is 6.18 Å². The molecule has 1 aliphatic heterocycles. The Bertz CT molecular complexity index is 1180. The van der Waals surface area contributed by atoms with Crippen LogP contribution in [0.15, 0.2) is 75.3 Å². The molecule has 0 saturated carbocycles. The Morgan fingerprint density at radius 2 is 1.91 bits per heavy atom. The van der Waals surface area contributed by atoms with Crippen molar-refractivity contribution in [2.45, 2.75) is 24.8 Å². The summed E-state index contributed by atoms with van der Waals surface area (Å²) in [6.45, 7) is 2.01. The van der Waals surface area contributed by atoms with Crippen LogP contribution < -0.4 is 5.32 Å². The largest absolute Gasteiger partial charge is 0.455 e. The molecule has 2 aromatic carbocycles. The van der Waals surface area contributed by atoms with Gasteiger partial charge in [-0.25, -0.2) is 0 Å². The van der Waals surface area contributed by atoms with Crippen LogP contribution in [0, 0.1) is 6.92 Å². The van der Waals surface area contributed by atoms with Crippen LogP contribution in [-0.4, -0.2) is 22.5 Å². The molecule has 1 fully saturated rings. The zero-order valence-corrected chi connectivity index (χ0v) is 17.7. The minimum atomic E-state index is -4.42. The summed E-state index contributed by atoms with van der Waals surface area (Å²) in [6, 6.07) is 16.5. The summed E-state index contributed by atoms with van der Waals surface area (Å²) in [7, 11) is 0. The van der Waals surface area contributed by atoms with Gasteiger partial charge in [0, 0.05) is 5.56 Å². The summed E-state index contributed by atoms with van der Waals surface area (Å²) in [6.07, 6.45) is -2.84. The van der Waals surface area contributed by atoms with Gasteiger partial charge in [0.2, 0.25) is 5.91 Å². The minimum Gasteiger partial charge on any atom is -0.455 e. The van der Waals surface area contributed by atoms with Crippen molar-refractivity contribution in [3.05, 3.63) is 83.1 Å². The van der Waals surface area contributed by atoms with E-state index >= 15 is 0 Å². The first-order valence-electron chi connectivity index (χ1n) is 9.69. The van der Waals surface area contributed by atoms with Crippen LogP contribution in [-0.2, 0) is 17.4 Å². The number of amidine groups is 1. The number of furan rings is 1. The molecule has 32 heavy (non-hydrogen) atoms. The number of carbonyl (C=O) groups is 1. The highest BCUT2D eigenvalue weighted by molar-refractivity contribution is 8.15. The highest BCUT2D eigenvalue weighted by Crippen LogP contribution is 2.31. The molecule has 0 aliphatic carbocycles. The Hall–Kier alpha value is -3.33. The zero-order chi connectivity index (χ0) is 22.7. The van der Waals surface area contributed by atoms with Gasteiger partial charge in [-0.1, -0.05) is 59.8 Å². The summed E-state index contributed by atoms with van der Waals surface area (Å²) in [4.78, 5) is 12.2. The molecule has 1 aliphatic rings. The van der Waals surface area contributed by atoms with E-state index in [4.69, 9.17) is 4.42 Å². The second kappa shape index (κ2) is 9.04. The van der Waals surface area contributed by atoms with Gasteiger partial charge in [-0.05, 0) is 37.1 Å². The molecular weight excluding hydrogens is 439 g/mol. The van der Waals surface area contributed by atoms with Crippen LogP contribution in [0.3, 0.4) is 0 Å². The molecule has 1 aromatic heterocycles. The lowest BCUT2D eigenvalue weighted by molar-refractivity contribution is -0.137. The fourth-order valence-electron chi connectivity index (χ4n) is 3.11. The van der Waals surface area contributed by atoms with Crippen LogP contribution in [0.5, 0.6) is 0 Å². The Kier molecular flexibility index (Phi) is 6.18. The molecule has 0 radical (unpaired) electrons. The van der Waals surface area contributed by atoms with Crippen LogP contribution >= 0.6 is 11.8 Å². The average molecular weight is 457 g/mol. The molecule has 4 rings (SSSR count). The number of hydrogen-bond acceptors (Lipinski definition) is 5. The van der Waals surface area contributed by atoms with Crippen molar-refractivity contribution in [1.29, 1.82) is 0 Å². The van der Waals surface area contributed by atoms with E-state index in [-0.39, 0.29) is 17.5 Å². The van der Waals surface area contributed by atoms with Crippen molar-refractivity contribution in [2.24, 2.45) is 10.2 Å². The predicted molar refractivity (Wildman–Crippen MR) is 119 cm³/mol. The first-order chi connectivity index (χ1) is 15.3. The standard InChI is InChI=1S/C23H18F3N3O2S/c1-14-5-7-16(8-6-14)19-10-9-18(31-19)13-27-29-22-28-21(30)20(32-22)12-15-3-2-4-17(11-15)23(24,25)26/h2-11,13,20H,12H2,1H3,(H,28,29,30). The zero-order valence-electron chi connectivity index (χ0n) is 16.9. The van der Waals surface area contributed by atoms with Crippen molar-refractivity contribution in [1.82, 2.24) is 5.32 Å². The van der Waals surface area contributed by atoms with E-state index in [0.29, 0.717) is 17.1 Å². The third-order valence-corrected chi connectivity index (χ3v) is 5.82. The first-order valence-corrected chi connectivity index (χ1v) is 10.6. The van der Waals surface area contributed by atoms with Gasteiger partial charge in [-0.2, -0.15) is 18.3 Å². The Labute approximate surface area is 186 Å². The second-order valence-corrected chi connectivity index (χ2v) is 8.41. The number of benzene rings is 2. The highest BCUT2D eigenvalue weighted by Gasteiger charge is 2.33. The number of nitrogens with zero attached hydrogens (tertiary/aromatic N) is 2. The number of thioether (sulfide) groups is 1. The van der Waals surface area contributed by atoms with Gasteiger partial charge in [-0.3, -0.25) is 4.79 Å². The summed E-state index contributed by atoms with van der Waals surface area (Å²) in [5.74, 6) is 0.879. The molecule has 1 amide bonds. The maximum absolute atomic E-state index is 12.9. The van der Waals surface area contributed by atoms with E-state index in [1.54, 1.807) is 12.1 Å². The van der Waals surface area contributed by atoms with Gasteiger partial charge in [0.15, 0.2) is 5.17 Å². The molecule has 2 heterocycles. The Balaban J connectivity index is 1.38. The maximum atomic E-state index is 12.9. The fourth-order valence-corrected chi connectivity index (χ4v) is 4.07. The molecule has 0 spiro atoms. The number of rotatable bonds is 5. The molecule has 1 unspecified atom stereocenters. The molecule has 1 atom stereocenters. The van der Waals surface area contributed by atoms with Gasteiger partial charge in [0.25, 0.3) is 0 Å². The van der Waals surface area contributed by atoms with Crippen LogP contribution in [0.4, 0.5) is 13.2 Å². The minimum absolute atomic E-state index is 0.154. The second-order valence-electron chi connectivity index (χ2n) is 7.22. The highest BCUT2D eigenvalue weighted by atomic mass is 32.2. The van der Waals surface area contributed by atoms with E-state index < -0.39 is 17.0 Å². The maximum Gasteiger partial charge on any atom is 0.416 e. The lowest BCUT2D eigenvalue weighted by Crippen LogP contribution is -2.26. The van der Waals surface area contributed by atoms with Gasteiger partial charge in [0.05, 0.1) is 17.0 Å². The lowest BCUT2D eigenvalue weighted by Gasteiger charge is -2.10. The predicted octanol–water partition coefficient (Wildman–Crippen LogP) is 5.44. The van der Waals surface area contributed by atoms with E-state index in [1.165, 1.54) is 12.3 Å². The number of alkyl halides is 3. The van der Waals surface area contributed by atoms with E-state index in [1.807, 2.05) is 37.3 Å². The van der Waals surface area contributed by atoms with E-state index in [9.17, 15) is 18.0 Å². The summed E-state index contributed by atoms with van der Waals surface area (Å²) >= 11 is 1.13. The molecule has 1 saturated heterocycles. The lowest BCUT2D eigenvalue weighted by atomic mass is 10.1. The van der Waals surface area contributed by atoms with Crippen molar-refractivity contribution < 1.29 is 22.4 Å². The van der Waals surface area contributed by atoms with Gasteiger partial charge in [0.1, 0.15) is 11.5 Å². The Morgan fingerprint density at radius 1 is 1.12 bits per heavy atom. The SMILES string of the molecule is Cc1ccc(-c2ccc(C=NN=C3NC(=O)C(Cc4cccc(C(F)(F)F)c4)S3)o2)cc1. The number of nitrogens with one attached hydrogen (secondary N) is 1. The number of aryl methyl sites for hydroxylation is 1. The average Bonchev–Trinajstić information content (AvgIpc) is 3.35. The number of hydrogen-bond donors (Lipinski definition) is 1. The summed E-state index contributed by atoms with van der Waals surface area (Å²) in [5.41, 5.74) is 1.79. The molecule has 164 valence electrons. The van der Waals surface area contributed by atoms with Gasteiger partial charge in [-0.15, -0.1) is 5.10 Å². The summed E-state index contributed by atoms with van der Waals surface area (Å²) < 4.78 is 44.4. The van der Waals surface area contributed by atoms with Crippen molar-refractivity contribution in [3.8, 4) is 11.3 Å². The quantitative estimate of drug-likeness (QED) is 0.410. The summed E-state index contributed by atoms with van der Waals surface area (Å²) in [5, 5.41) is 10.2. The number of amides is 1. The van der Waals surface area contributed by atoms with Crippen molar-refractivity contribution >= 4 is 29.1 Å². The number of halogens is 3. The Morgan fingerprint density at radius 3 is 2.66 bits per heavy atom. The topological polar surface area (TPSA) is 67.0 Å². The molecule has 9 heteroatoms. The van der Waals surface area contributed by atoms with E-state index in [0.717, 1.165) is 35.0 Å². The molecular formula is C23H18F3N3O2S. The third kappa shape index (κ3) is 5.28. The molecule has 5 nitrogen and oxygen atoms in total. The molecule has 3 aromatic rings. The monoisotopic (exact) mass is 457 g/mol. The van der Waals surface area contributed by atoms with E-state index in [2.05, 4.69) is 15.5 Å². The fraction of sp³-hybridized carbons (Fsp3) is 0.174. The van der Waals surface area contributed by atoms with Crippen molar-refractivity contribution in [2.75, 3.05) is 0 Å². The van der Waals surface area contributed by atoms with Gasteiger partial charge < -0.3 is 9.73 Å².